The Balaban J connectivity index is 1.56. The van der Waals surface area contributed by atoms with Gasteiger partial charge in [-0.2, -0.15) is 13.2 Å². The molecule has 37 heavy (non-hydrogen) atoms. The third-order valence-electron chi connectivity index (χ3n) is 6.42. The van der Waals surface area contributed by atoms with Crippen molar-refractivity contribution in [2.24, 2.45) is 12.8 Å². The van der Waals surface area contributed by atoms with Crippen LogP contribution in [0.25, 0.3) is 32.8 Å². The first-order chi connectivity index (χ1) is 17.6. The average molecular weight is 536 g/mol. The molecule has 1 aliphatic rings. The second-order valence-electron chi connectivity index (χ2n) is 8.90. The monoisotopic (exact) mass is 535 g/mol. The van der Waals surface area contributed by atoms with Crippen molar-refractivity contribution in [2.75, 3.05) is 20.2 Å². The second-order valence-corrected chi connectivity index (χ2v) is 9.80. The Morgan fingerprint density at radius 3 is 2.76 bits per heavy atom. The van der Waals surface area contributed by atoms with Crippen molar-refractivity contribution in [3.63, 3.8) is 0 Å². The topological polar surface area (TPSA) is 105 Å². The second kappa shape index (κ2) is 9.29. The molecule has 2 amide bonds. The van der Waals surface area contributed by atoms with E-state index in [1.165, 1.54) is 23.0 Å². The van der Waals surface area contributed by atoms with Gasteiger partial charge in [-0.15, -0.1) is 11.3 Å². The summed E-state index contributed by atoms with van der Waals surface area (Å²) in [7, 11) is 3.15. The maximum atomic E-state index is 13.4. The van der Waals surface area contributed by atoms with Gasteiger partial charge in [0.15, 0.2) is 5.82 Å². The molecule has 4 aromatic rings. The van der Waals surface area contributed by atoms with Crippen molar-refractivity contribution in [2.45, 2.75) is 31.7 Å². The molecule has 1 aromatic carbocycles. The van der Waals surface area contributed by atoms with E-state index >= 15 is 0 Å². The predicted octanol–water partition coefficient (Wildman–Crippen LogP) is 4.53. The van der Waals surface area contributed by atoms with E-state index in [0.29, 0.717) is 63.5 Å². The van der Waals surface area contributed by atoms with E-state index < -0.39 is 24.9 Å². The summed E-state index contributed by atoms with van der Waals surface area (Å²) in [6.07, 6.45) is -4.55. The van der Waals surface area contributed by atoms with Crippen LogP contribution in [0.3, 0.4) is 0 Å². The summed E-state index contributed by atoms with van der Waals surface area (Å²) in [5, 5.41) is 2.44. The lowest BCUT2D eigenvalue weighted by molar-refractivity contribution is -0.139. The van der Waals surface area contributed by atoms with Crippen LogP contribution in [0.4, 0.5) is 18.0 Å². The van der Waals surface area contributed by atoms with E-state index in [1.54, 1.807) is 46.2 Å². The molecule has 3 aromatic heterocycles. The van der Waals surface area contributed by atoms with Gasteiger partial charge in [-0.3, -0.25) is 4.79 Å². The molecule has 4 heterocycles. The molecule has 1 fully saturated rings. The third kappa shape index (κ3) is 4.70. The zero-order valence-electron chi connectivity index (χ0n) is 20.0. The highest BCUT2D eigenvalue weighted by atomic mass is 32.1. The number of carbonyl (C=O) groups is 2. The SMILES string of the molecule is COc1cc(C(=O)N2CCC[C@@H](OC(N)=O)C2)cc2nc(-c3cc4ccsc4n3CC(F)(F)F)n(C)c12. The fourth-order valence-corrected chi connectivity index (χ4v) is 5.78. The maximum Gasteiger partial charge on any atom is 0.406 e. The van der Waals surface area contributed by atoms with Gasteiger partial charge in [0.05, 0.1) is 24.9 Å². The number of rotatable bonds is 5. The highest BCUT2D eigenvalue weighted by molar-refractivity contribution is 7.16. The number of amides is 2. The first-order valence-corrected chi connectivity index (χ1v) is 12.4. The molecule has 13 heteroatoms. The van der Waals surface area contributed by atoms with Crippen LogP contribution in [-0.2, 0) is 18.3 Å². The Kier molecular flexibility index (Phi) is 6.26. The van der Waals surface area contributed by atoms with Gasteiger partial charge in [0.1, 0.15) is 28.7 Å². The van der Waals surface area contributed by atoms with Gasteiger partial charge < -0.3 is 29.2 Å². The lowest BCUT2D eigenvalue weighted by Crippen LogP contribution is -2.44. The summed E-state index contributed by atoms with van der Waals surface area (Å²) in [6.45, 7) is -0.468. The predicted molar refractivity (Wildman–Crippen MR) is 132 cm³/mol. The number of fused-ring (bicyclic) bond motifs is 2. The van der Waals surface area contributed by atoms with Crippen LogP contribution in [0.15, 0.2) is 29.6 Å². The Morgan fingerprint density at radius 1 is 1.27 bits per heavy atom. The fraction of sp³-hybridized carbons (Fsp3) is 0.375. The average Bonchev–Trinajstić information content (AvgIpc) is 3.51. The number of halogens is 3. The van der Waals surface area contributed by atoms with Crippen molar-refractivity contribution in [3.05, 3.63) is 35.2 Å². The Bertz CT molecular complexity index is 1510. The Hall–Kier alpha value is -3.74. The van der Waals surface area contributed by atoms with Gasteiger partial charge in [-0.1, -0.05) is 0 Å². The number of ether oxygens (including phenoxy) is 2. The Labute approximate surface area is 213 Å². The van der Waals surface area contributed by atoms with Crippen molar-refractivity contribution in [3.8, 4) is 17.3 Å². The molecule has 0 spiro atoms. The van der Waals surface area contributed by atoms with Crippen LogP contribution in [0.5, 0.6) is 5.75 Å². The molecular formula is C24H24F3N5O4S. The van der Waals surface area contributed by atoms with Gasteiger partial charge in [-0.25, -0.2) is 9.78 Å². The molecule has 0 aliphatic carbocycles. The maximum absolute atomic E-state index is 13.4. The van der Waals surface area contributed by atoms with Crippen molar-refractivity contribution in [1.82, 2.24) is 19.0 Å². The normalized spacial score (nSPS) is 16.5. The largest absolute Gasteiger partial charge is 0.494 e. The highest BCUT2D eigenvalue weighted by Gasteiger charge is 2.32. The summed E-state index contributed by atoms with van der Waals surface area (Å²) < 4.78 is 53.9. The first-order valence-electron chi connectivity index (χ1n) is 11.5. The molecule has 1 saturated heterocycles. The molecule has 2 N–H and O–H groups in total. The number of nitrogens with zero attached hydrogens (tertiary/aromatic N) is 4. The third-order valence-corrected chi connectivity index (χ3v) is 7.37. The number of primary amides is 1. The number of carbonyl (C=O) groups excluding carboxylic acids is 2. The zero-order valence-corrected chi connectivity index (χ0v) is 20.9. The Morgan fingerprint density at radius 2 is 2.05 bits per heavy atom. The van der Waals surface area contributed by atoms with Crippen LogP contribution >= 0.6 is 11.3 Å². The van der Waals surface area contributed by atoms with E-state index in [4.69, 9.17) is 15.2 Å². The highest BCUT2D eigenvalue weighted by Crippen LogP contribution is 2.37. The molecule has 5 rings (SSSR count). The number of nitrogens with two attached hydrogens (primary N) is 1. The number of aromatic nitrogens is 3. The van der Waals surface area contributed by atoms with E-state index in [9.17, 15) is 22.8 Å². The summed E-state index contributed by atoms with van der Waals surface area (Å²) >= 11 is 1.23. The van der Waals surface area contributed by atoms with Crippen LogP contribution in [0.2, 0.25) is 0 Å². The summed E-state index contributed by atoms with van der Waals surface area (Å²) in [4.78, 5) is 31.2. The number of imidazole rings is 1. The number of hydrogen-bond acceptors (Lipinski definition) is 6. The minimum Gasteiger partial charge on any atom is -0.494 e. The molecular weight excluding hydrogens is 511 g/mol. The molecule has 0 unspecified atom stereocenters. The fourth-order valence-electron chi connectivity index (χ4n) is 4.88. The van der Waals surface area contributed by atoms with E-state index in [1.807, 2.05) is 0 Å². The van der Waals surface area contributed by atoms with Crippen LogP contribution in [-0.4, -0.2) is 63.5 Å². The number of aryl methyl sites for hydroxylation is 1. The van der Waals surface area contributed by atoms with Gasteiger partial charge in [-0.05, 0) is 42.5 Å². The molecule has 0 bridgehead atoms. The van der Waals surface area contributed by atoms with E-state index in [2.05, 4.69) is 4.98 Å². The summed E-state index contributed by atoms with van der Waals surface area (Å²) in [5.41, 5.74) is 6.70. The van der Waals surface area contributed by atoms with E-state index in [0.717, 1.165) is 0 Å². The quantitative estimate of drug-likeness (QED) is 0.405. The number of thiophene rings is 1. The molecule has 0 radical (unpaired) electrons. The molecule has 9 nitrogen and oxygen atoms in total. The lowest BCUT2D eigenvalue weighted by atomic mass is 10.1. The summed E-state index contributed by atoms with van der Waals surface area (Å²) in [5.74, 6) is 0.379. The number of methoxy groups -OCH3 is 1. The van der Waals surface area contributed by atoms with Crippen molar-refractivity contribution < 1.29 is 32.2 Å². The zero-order chi connectivity index (χ0) is 26.5. The summed E-state index contributed by atoms with van der Waals surface area (Å²) in [6, 6.07) is 6.64. The number of likely N-dealkylation sites (tertiary alicyclic amines) is 1. The molecule has 1 atom stereocenters. The van der Waals surface area contributed by atoms with Crippen molar-refractivity contribution in [1.29, 1.82) is 0 Å². The molecule has 0 saturated carbocycles. The van der Waals surface area contributed by atoms with Crippen molar-refractivity contribution >= 4 is 44.6 Å². The standard InChI is InChI=1S/C24H24F3N5O4S/c1-30-19-16(29-20(30)17-9-13-5-7-37-22(13)32(17)12-24(25,26)27)8-14(10-18(19)35-2)21(33)31-6-3-4-15(11-31)36-23(28)34/h5,7-10,15H,3-4,6,11-12H2,1-2H3,(H2,28,34)/t15-/m1/s1. The number of benzene rings is 1. The van der Waals surface area contributed by atoms with Gasteiger partial charge >= 0.3 is 12.3 Å². The number of alkyl halides is 3. The van der Waals surface area contributed by atoms with Crippen LogP contribution < -0.4 is 10.5 Å². The van der Waals surface area contributed by atoms with Crippen LogP contribution in [0.1, 0.15) is 23.2 Å². The molecule has 1 aliphatic heterocycles. The van der Waals surface area contributed by atoms with E-state index in [-0.39, 0.29) is 12.5 Å². The first kappa shape index (κ1) is 24.9. The number of hydrogen-bond donors (Lipinski definition) is 1. The van der Waals surface area contributed by atoms with Gasteiger partial charge in [0.25, 0.3) is 5.91 Å². The van der Waals surface area contributed by atoms with Crippen LogP contribution in [0, 0.1) is 0 Å². The van der Waals surface area contributed by atoms with Gasteiger partial charge in [0.2, 0.25) is 0 Å². The smallest absolute Gasteiger partial charge is 0.406 e. The number of piperidine rings is 1. The minimum absolute atomic E-state index is 0.206. The minimum atomic E-state index is -4.42. The lowest BCUT2D eigenvalue weighted by Gasteiger charge is -2.32. The van der Waals surface area contributed by atoms with Gasteiger partial charge in [0, 0.05) is 24.5 Å². The molecule has 196 valence electrons.